The number of hydrogen-bond acceptors (Lipinski definition) is 3. The second-order valence-electron chi connectivity index (χ2n) is 6.21. The number of benzene rings is 2. The van der Waals surface area contributed by atoms with Crippen LogP contribution < -0.4 is 10.1 Å². The zero-order valence-electron chi connectivity index (χ0n) is 14.6. The number of carbonyl (C=O) groups is 2. The lowest BCUT2D eigenvalue weighted by atomic mass is 9.85. The van der Waals surface area contributed by atoms with E-state index in [1.807, 2.05) is 37.3 Å². The Morgan fingerprint density at radius 1 is 1.08 bits per heavy atom. The summed E-state index contributed by atoms with van der Waals surface area (Å²) in [5.74, 6) is 0.416. The van der Waals surface area contributed by atoms with Crippen LogP contribution in [0.3, 0.4) is 0 Å². The average molecular weight is 373 g/mol. The van der Waals surface area contributed by atoms with E-state index in [0.29, 0.717) is 17.2 Å². The minimum Gasteiger partial charge on any atom is -0.492 e. The van der Waals surface area contributed by atoms with E-state index in [4.69, 9.17) is 16.3 Å². The number of nitrogens with zero attached hydrogens (tertiary/aromatic N) is 1. The van der Waals surface area contributed by atoms with Crippen molar-refractivity contribution in [2.75, 3.05) is 13.2 Å². The molecular weight excluding hydrogens is 352 g/mol. The van der Waals surface area contributed by atoms with E-state index >= 15 is 0 Å². The normalized spacial score (nSPS) is 19.5. The molecule has 0 bridgehead atoms. The third-order valence-electron chi connectivity index (χ3n) is 4.46. The molecule has 2 aromatic carbocycles. The molecular formula is C20H21ClN2O3. The second kappa shape index (κ2) is 7.79. The van der Waals surface area contributed by atoms with Gasteiger partial charge in [0.05, 0.1) is 6.54 Å². The van der Waals surface area contributed by atoms with Crippen molar-refractivity contribution in [3.05, 3.63) is 65.2 Å². The maximum atomic E-state index is 13.1. The first-order valence-electron chi connectivity index (χ1n) is 8.65. The zero-order chi connectivity index (χ0) is 18.6. The summed E-state index contributed by atoms with van der Waals surface area (Å²) < 4.78 is 5.62. The van der Waals surface area contributed by atoms with Crippen molar-refractivity contribution < 1.29 is 14.3 Å². The second-order valence-corrected chi connectivity index (χ2v) is 6.65. The molecule has 1 N–H and O–H groups in total. The van der Waals surface area contributed by atoms with Gasteiger partial charge in [0, 0.05) is 5.02 Å². The van der Waals surface area contributed by atoms with Crippen molar-refractivity contribution >= 4 is 23.5 Å². The molecule has 3 rings (SSSR count). The highest BCUT2D eigenvalue weighted by Gasteiger charge is 2.51. The van der Waals surface area contributed by atoms with Crippen molar-refractivity contribution in [2.45, 2.75) is 25.3 Å². The van der Waals surface area contributed by atoms with Gasteiger partial charge in [-0.15, -0.1) is 0 Å². The van der Waals surface area contributed by atoms with Gasteiger partial charge in [0.1, 0.15) is 17.9 Å². The Morgan fingerprint density at radius 3 is 2.42 bits per heavy atom. The first-order chi connectivity index (χ1) is 12.6. The molecule has 1 aliphatic rings. The first-order valence-corrected chi connectivity index (χ1v) is 9.02. The fraction of sp³-hybridized carbons (Fsp3) is 0.300. The van der Waals surface area contributed by atoms with Crippen molar-refractivity contribution in [2.24, 2.45) is 0 Å². The molecule has 1 fully saturated rings. The monoisotopic (exact) mass is 372 g/mol. The number of imide groups is 1. The lowest BCUT2D eigenvalue weighted by Gasteiger charge is -2.27. The molecule has 136 valence electrons. The van der Waals surface area contributed by atoms with Crippen LogP contribution in [-0.4, -0.2) is 30.0 Å². The van der Waals surface area contributed by atoms with Gasteiger partial charge in [0.15, 0.2) is 0 Å². The van der Waals surface area contributed by atoms with E-state index in [9.17, 15) is 9.59 Å². The topological polar surface area (TPSA) is 58.6 Å². The average Bonchev–Trinajstić information content (AvgIpc) is 2.89. The van der Waals surface area contributed by atoms with Crippen LogP contribution >= 0.6 is 11.6 Å². The smallest absolute Gasteiger partial charge is 0.325 e. The van der Waals surface area contributed by atoms with Gasteiger partial charge < -0.3 is 10.1 Å². The van der Waals surface area contributed by atoms with Crippen LogP contribution in [0.2, 0.25) is 5.02 Å². The van der Waals surface area contributed by atoms with Gasteiger partial charge in [0.25, 0.3) is 5.91 Å². The Hall–Kier alpha value is -2.53. The molecule has 0 saturated carbocycles. The van der Waals surface area contributed by atoms with Crippen molar-refractivity contribution in [3.63, 3.8) is 0 Å². The highest BCUT2D eigenvalue weighted by atomic mass is 35.5. The minimum absolute atomic E-state index is 0.186. The Morgan fingerprint density at radius 2 is 1.77 bits per heavy atom. The summed E-state index contributed by atoms with van der Waals surface area (Å²) in [5, 5.41) is 3.53. The SMILES string of the molecule is CCC[C@]1(c2ccccc2)NC(=O)N(CCOc2ccc(Cl)cc2)C1=O. The molecule has 5 nitrogen and oxygen atoms in total. The summed E-state index contributed by atoms with van der Waals surface area (Å²) in [6, 6.07) is 16.0. The van der Waals surface area contributed by atoms with Gasteiger partial charge in [-0.3, -0.25) is 9.69 Å². The lowest BCUT2D eigenvalue weighted by molar-refractivity contribution is -0.132. The Kier molecular flexibility index (Phi) is 5.47. The molecule has 0 aliphatic carbocycles. The number of ether oxygens (including phenoxy) is 1. The van der Waals surface area contributed by atoms with Gasteiger partial charge in [0.2, 0.25) is 0 Å². The van der Waals surface area contributed by atoms with Crippen LogP contribution in [0.15, 0.2) is 54.6 Å². The quantitative estimate of drug-likeness (QED) is 0.748. The highest BCUT2D eigenvalue weighted by molar-refractivity contribution is 6.30. The molecule has 0 aromatic heterocycles. The van der Waals surface area contributed by atoms with E-state index in [1.54, 1.807) is 24.3 Å². The predicted molar refractivity (Wildman–Crippen MR) is 100 cm³/mol. The molecule has 1 heterocycles. The molecule has 6 heteroatoms. The summed E-state index contributed by atoms with van der Waals surface area (Å²) in [7, 11) is 0. The highest BCUT2D eigenvalue weighted by Crippen LogP contribution is 2.33. The molecule has 1 aliphatic heterocycles. The molecule has 26 heavy (non-hydrogen) atoms. The van der Waals surface area contributed by atoms with Gasteiger partial charge in [-0.2, -0.15) is 0 Å². The number of rotatable bonds is 7. The predicted octanol–water partition coefficient (Wildman–Crippen LogP) is 3.97. The van der Waals surface area contributed by atoms with E-state index < -0.39 is 5.54 Å². The van der Waals surface area contributed by atoms with Gasteiger partial charge >= 0.3 is 6.03 Å². The maximum Gasteiger partial charge on any atom is 0.325 e. The number of nitrogens with one attached hydrogen (secondary N) is 1. The number of carbonyl (C=O) groups excluding carboxylic acids is 2. The van der Waals surface area contributed by atoms with Gasteiger partial charge in [-0.25, -0.2) is 4.79 Å². The third-order valence-corrected chi connectivity index (χ3v) is 4.72. The third kappa shape index (κ3) is 3.53. The molecule has 0 spiro atoms. The van der Waals surface area contributed by atoms with Crippen molar-refractivity contribution in [1.82, 2.24) is 10.2 Å². The molecule has 2 aromatic rings. The van der Waals surface area contributed by atoms with Crippen LogP contribution in [0.25, 0.3) is 0 Å². The fourth-order valence-electron chi connectivity index (χ4n) is 3.22. The number of halogens is 1. The summed E-state index contributed by atoms with van der Waals surface area (Å²) in [4.78, 5) is 26.8. The molecule has 3 amide bonds. The van der Waals surface area contributed by atoms with E-state index in [1.165, 1.54) is 4.90 Å². The largest absolute Gasteiger partial charge is 0.492 e. The molecule has 0 unspecified atom stereocenters. The van der Waals surface area contributed by atoms with E-state index in [2.05, 4.69) is 5.32 Å². The Balaban J connectivity index is 1.72. The Bertz CT molecular complexity index is 779. The van der Waals surface area contributed by atoms with E-state index in [-0.39, 0.29) is 25.1 Å². The molecule has 1 saturated heterocycles. The van der Waals surface area contributed by atoms with Crippen molar-refractivity contribution in [3.8, 4) is 5.75 Å². The molecule has 1 atom stereocenters. The van der Waals surface area contributed by atoms with E-state index in [0.717, 1.165) is 12.0 Å². The lowest BCUT2D eigenvalue weighted by Crippen LogP contribution is -2.44. The zero-order valence-corrected chi connectivity index (χ0v) is 15.3. The maximum absolute atomic E-state index is 13.1. The van der Waals surface area contributed by atoms with Crippen molar-refractivity contribution in [1.29, 1.82) is 0 Å². The van der Waals surface area contributed by atoms with Crippen LogP contribution in [-0.2, 0) is 10.3 Å². The van der Waals surface area contributed by atoms with Crippen LogP contribution in [0.1, 0.15) is 25.3 Å². The minimum atomic E-state index is -0.993. The summed E-state index contributed by atoms with van der Waals surface area (Å²) in [6.07, 6.45) is 1.33. The van der Waals surface area contributed by atoms with Crippen LogP contribution in [0, 0.1) is 0 Å². The van der Waals surface area contributed by atoms with Crippen LogP contribution in [0.4, 0.5) is 4.79 Å². The van der Waals surface area contributed by atoms with Crippen LogP contribution in [0.5, 0.6) is 5.75 Å². The standard InChI is InChI=1S/C20H21ClN2O3/c1-2-12-20(15-6-4-3-5-7-15)18(24)23(19(25)22-20)13-14-26-17-10-8-16(21)9-11-17/h3-11H,2,12-14H2,1H3,(H,22,25)/t20-/m1/s1. The summed E-state index contributed by atoms with van der Waals surface area (Å²) >= 11 is 5.85. The number of hydrogen-bond donors (Lipinski definition) is 1. The number of urea groups is 1. The summed E-state index contributed by atoms with van der Waals surface area (Å²) in [5.41, 5.74) is -0.186. The Labute approximate surface area is 157 Å². The van der Waals surface area contributed by atoms with Gasteiger partial charge in [-0.1, -0.05) is 55.3 Å². The molecule has 0 radical (unpaired) electrons. The first kappa shape index (κ1) is 18.3. The fourth-order valence-corrected chi connectivity index (χ4v) is 3.35. The number of amides is 3. The summed E-state index contributed by atoms with van der Waals surface area (Å²) in [6.45, 7) is 2.40. The van der Waals surface area contributed by atoms with Gasteiger partial charge in [-0.05, 0) is 36.2 Å².